The smallest absolute Gasteiger partial charge is 0.119 e. The van der Waals surface area contributed by atoms with Crippen molar-refractivity contribution in [2.24, 2.45) is 11.8 Å². The summed E-state index contributed by atoms with van der Waals surface area (Å²) in [6.07, 6.45) is 33.7. The van der Waals surface area contributed by atoms with Crippen LogP contribution in [-0.2, 0) is 0 Å². The molecule has 56 heavy (non-hydrogen) atoms. The van der Waals surface area contributed by atoms with E-state index in [1.807, 2.05) is 24.3 Å². The van der Waals surface area contributed by atoms with Crippen LogP contribution in [0.15, 0.2) is 66.9 Å². The fourth-order valence-electron chi connectivity index (χ4n) is 7.29. The fraction of sp³-hybridized carbons (Fsp3) is 0.604. The minimum absolute atomic E-state index is 0.642. The maximum atomic E-state index is 6.30. The van der Waals surface area contributed by atoms with E-state index in [0.717, 1.165) is 47.1 Å². The van der Waals surface area contributed by atoms with E-state index in [9.17, 15) is 0 Å². The van der Waals surface area contributed by atoms with Gasteiger partial charge in [0, 0.05) is 22.9 Å². The number of hydrogen-bond donors (Lipinski definition) is 0. The van der Waals surface area contributed by atoms with Crippen LogP contribution in [0.5, 0.6) is 11.5 Å². The zero-order valence-electron chi connectivity index (χ0n) is 36.2. The monoisotopic (exact) mass is 760 g/mol. The molecule has 0 radical (unpaired) electrons. The lowest BCUT2D eigenvalue weighted by molar-refractivity contribution is 0.224. The maximum Gasteiger partial charge on any atom is 0.119 e. The fourth-order valence-corrected chi connectivity index (χ4v) is 7.29. The number of pyridine rings is 1. The van der Waals surface area contributed by atoms with E-state index in [1.165, 1.54) is 154 Å². The molecule has 0 spiro atoms. The molecule has 3 rings (SSSR count). The van der Waals surface area contributed by atoms with Crippen molar-refractivity contribution in [3.8, 4) is 35.2 Å². The molecule has 1 heterocycles. The van der Waals surface area contributed by atoms with Gasteiger partial charge in [-0.05, 0) is 104 Å². The van der Waals surface area contributed by atoms with Crippen LogP contribution in [0.4, 0.5) is 0 Å². The molecule has 3 aromatic rings. The van der Waals surface area contributed by atoms with Crippen molar-refractivity contribution in [3.05, 3.63) is 89.2 Å². The van der Waals surface area contributed by atoms with E-state index in [0.29, 0.717) is 11.8 Å². The zero-order valence-corrected chi connectivity index (χ0v) is 36.2. The summed E-state index contributed by atoms with van der Waals surface area (Å²) in [6.45, 7) is 10.8. The lowest BCUT2D eigenvalue weighted by Gasteiger charge is -2.18. The number of unbranched alkanes of at least 4 members (excludes halogenated alkanes) is 16. The van der Waals surface area contributed by atoms with Gasteiger partial charge >= 0.3 is 0 Å². The molecule has 0 saturated carbocycles. The first-order valence-corrected chi connectivity index (χ1v) is 23.1. The molecule has 2 unspecified atom stereocenters. The first kappa shape index (κ1) is 46.7. The maximum absolute atomic E-state index is 6.30. The summed E-state index contributed by atoms with van der Waals surface area (Å²) in [4.78, 5) is 4.56. The molecule has 3 nitrogen and oxygen atoms in total. The Kier molecular flexibility index (Phi) is 26.2. The number of rotatable bonds is 30. The van der Waals surface area contributed by atoms with Crippen LogP contribution >= 0.6 is 0 Å². The molecular weight excluding hydrogens is 683 g/mol. The molecule has 3 heteroatoms. The van der Waals surface area contributed by atoms with Crippen molar-refractivity contribution >= 4 is 0 Å². The lowest BCUT2D eigenvalue weighted by Crippen LogP contribution is -2.12. The van der Waals surface area contributed by atoms with Gasteiger partial charge in [0.1, 0.15) is 17.2 Å². The van der Waals surface area contributed by atoms with Crippen LogP contribution in [0.25, 0.3) is 0 Å². The van der Waals surface area contributed by atoms with Crippen molar-refractivity contribution in [2.45, 2.75) is 182 Å². The highest BCUT2D eigenvalue weighted by atomic mass is 16.5. The van der Waals surface area contributed by atoms with Crippen molar-refractivity contribution in [1.29, 1.82) is 0 Å². The summed E-state index contributed by atoms with van der Waals surface area (Å²) < 4.78 is 12.6. The van der Waals surface area contributed by atoms with Gasteiger partial charge in [0.25, 0.3) is 0 Å². The predicted octanol–water partition coefficient (Wildman–Crippen LogP) is 15.3. The van der Waals surface area contributed by atoms with Crippen molar-refractivity contribution in [3.63, 3.8) is 0 Å². The number of hydrogen-bond acceptors (Lipinski definition) is 3. The van der Waals surface area contributed by atoms with E-state index in [4.69, 9.17) is 9.47 Å². The Morgan fingerprint density at radius 1 is 0.393 bits per heavy atom. The van der Waals surface area contributed by atoms with Gasteiger partial charge in [0.2, 0.25) is 0 Å². The first-order valence-electron chi connectivity index (χ1n) is 23.1. The Morgan fingerprint density at radius 2 is 0.732 bits per heavy atom. The van der Waals surface area contributed by atoms with Gasteiger partial charge in [-0.1, -0.05) is 174 Å². The topological polar surface area (TPSA) is 31.4 Å². The standard InChI is InChI=1S/C53H77NO2/c1-5-9-13-17-19-23-27-49(25-21-15-11-7-3)44-55-52-39-33-46(34-40-52)29-30-48-32-38-51(54-43-48)37-31-47-35-41-53(42-36-47)56-45-50(26-22-16-12-8-4)28-24-20-18-14-10-6-2/h32-36,38-43,49-50H,5-28,44-45H2,1-4H3. The van der Waals surface area contributed by atoms with E-state index in [-0.39, 0.29) is 0 Å². The second-order valence-corrected chi connectivity index (χ2v) is 16.1. The Hall–Kier alpha value is -3.69. The predicted molar refractivity (Wildman–Crippen MR) is 241 cm³/mol. The summed E-state index contributed by atoms with van der Waals surface area (Å²) in [7, 11) is 0. The Bertz CT molecular complexity index is 1390. The quantitative estimate of drug-likeness (QED) is 0.0501. The molecule has 0 bridgehead atoms. The SMILES string of the molecule is CCCCCCCCC(CCCCCC)COc1ccc(C#Cc2ccc(C#Cc3ccc(OCC(CCCCCC)CCCCCCCC)cc3)nc2)cc1. The summed E-state index contributed by atoms with van der Waals surface area (Å²) in [5.41, 5.74) is 3.53. The zero-order chi connectivity index (χ0) is 39.7. The van der Waals surface area contributed by atoms with Gasteiger partial charge in [0.15, 0.2) is 0 Å². The number of nitrogens with zero attached hydrogens (tertiary/aromatic N) is 1. The highest BCUT2D eigenvalue weighted by Crippen LogP contribution is 2.23. The van der Waals surface area contributed by atoms with Crippen LogP contribution in [-0.4, -0.2) is 18.2 Å². The molecule has 0 aliphatic carbocycles. The minimum atomic E-state index is 0.642. The summed E-state index contributed by atoms with van der Waals surface area (Å²) in [5, 5.41) is 0. The Labute approximate surface area is 344 Å². The molecule has 0 aliphatic rings. The molecule has 2 aromatic carbocycles. The van der Waals surface area contributed by atoms with Crippen LogP contribution in [0.2, 0.25) is 0 Å². The minimum Gasteiger partial charge on any atom is -0.493 e. The third-order valence-corrected chi connectivity index (χ3v) is 11.0. The van der Waals surface area contributed by atoms with Crippen LogP contribution in [0.3, 0.4) is 0 Å². The molecule has 0 fully saturated rings. The second-order valence-electron chi connectivity index (χ2n) is 16.1. The molecular formula is C53H77NO2. The molecule has 2 atom stereocenters. The van der Waals surface area contributed by atoms with Crippen molar-refractivity contribution in [2.75, 3.05) is 13.2 Å². The molecule has 0 saturated heterocycles. The highest BCUT2D eigenvalue weighted by molar-refractivity contribution is 5.46. The third kappa shape index (κ3) is 22.2. The van der Waals surface area contributed by atoms with E-state index >= 15 is 0 Å². The average Bonchev–Trinajstić information content (AvgIpc) is 3.23. The molecule has 0 amide bonds. The number of aromatic nitrogens is 1. The highest BCUT2D eigenvalue weighted by Gasteiger charge is 2.12. The largest absolute Gasteiger partial charge is 0.493 e. The van der Waals surface area contributed by atoms with E-state index in [1.54, 1.807) is 6.20 Å². The third-order valence-electron chi connectivity index (χ3n) is 11.0. The Morgan fingerprint density at radius 3 is 1.12 bits per heavy atom. The number of ether oxygens (including phenoxy) is 2. The van der Waals surface area contributed by atoms with Crippen molar-refractivity contribution in [1.82, 2.24) is 4.98 Å². The summed E-state index contributed by atoms with van der Waals surface area (Å²) in [5.74, 6) is 16.2. The second kappa shape index (κ2) is 31.4. The van der Waals surface area contributed by atoms with Crippen LogP contribution < -0.4 is 9.47 Å². The number of benzene rings is 2. The normalized spacial score (nSPS) is 11.9. The molecule has 0 aliphatic heterocycles. The summed E-state index contributed by atoms with van der Waals surface area (Å²) >= 11 is 0. The van der Waals surface area contributed by atoms with Gasteiger partial charge in [-0.2, -0.15) is 0 Å². The van der Waals surface area contributed by atoms with E-state index < -0.39 is 0 Å². The van der Waals surface area contributed by atoms with Gasteiger partial charge in [0.05, 0.1) is 13.2 Å². The van der Waals surface area contributed by atoms with Crippen LogP contribution in [0, 0.1) is 35.5 Å². The van der Waals surface area contributed by atoms with Gasteiger partial charge in [-0.15, -0.1) is 0 Å². The molecule has 306 valence electrons. The first-order chi connectivity index (χ1) is 27.6. The lowest BCUT2D eigenvalue weighted by atomic mass is 9.95. The van der Waals surface area contributed by atoms with Crippen molar-refractivity contribution < 1.29 is 9.47 Å². The Balaban J connectivity index is 1.45. The van der Waals surface area contributed by atoms with Gasteiger partial charge in [-0.3, -0.25) is 0 Å². The average molecular weight is 760 g/mol. The molecule has 1 aromatic heterocycles. The summed E-state index contributed by atoms with van der Waals surface area (Å²) in [6, 6.07) is 20.4. The van der Waals surface area contributed by atoms with Crippen LogP contribution in [0.1, 0.15) is 204 Å². The van der Waals surface area contributed by atoms with Gasteiger partial charge in [-0.25, -0.2) is 4.98 Å². The van der Waals surface area contributed by atoms with Gasteiger partial charge < -0.3 is 9.47 Å². The van der Waals surface area contributed by atoms with E-state index in [2.05, 4.69) is 92.8 Å². The molecule has 0 N–H and O–H groups in total.